The fraction of sp³-hybridized carbons (Fsp3) is 0.500. The summed E-state index contributed by atoms with van der Waals surface area (Å²) in [5.74, 6) is -0.231. The molecule has 0 bridgehead atoms. The Morgan fingerprint density at radius 3 is 2.89 bits per heavy atom. The van der Waals surface area contributed by atoms with E-state index in [0.717, 1.165) is 24.2 Å². The molecule has 1 aliphatic rings. The molecule has 1 N–H and O–H groups in total. The van der Waals surface area contributed by atoms with Gasteiger partial charge in [-0.3, -0.25) is 4.79 Å². The van der Waals surface area contributed by atoms with Crippen molar-refractivity contribution in [2.45, 2.75) is 25.7 Å². The first kappa shape index (κ1) is 13.0. The van der Waals surface area contributed by atoms with Gasteiger partial charge in [-0.1, -0.05) is 6.92 Å². The first-order valence-corrected chi connectivity index (χ1v) is 6.21. The topological polar surface area (TPSA) is 32.3 Å². The zero-order valence-electron chi connectivity index (χ0n) is 11.1. The first-order chi connectivity index (χ1) is 8.48. The summed E-state index contributed by atoms with van der Waals surface area (Å²) in [6.07, 6.45) is 0.879. The van der Waals surface area contributed by atoms with Crippen LogP contribution in [0.15, 0.2) is 18.2 Å². The maximum absolute atomic E-state index is 13.4. The largest absolute Gasteiger partial charge is 0.320 e. The fourth-order valence-electron chi connectivity index (χ4n) is 2.64. The van der Waals surface area contributed by atoms with Gasteiger partial charge >= 0.3 is 0 Å². The molecule has 98 valence electrons. The Labute approximate surface area is 107 Å². The molecule has 0 saturated heterocycles. The van der Waals surface area contributed by atoms with E-state index in [1.807, 2.05) is 7.05 Å². The second kappa shape index (κ2) is 4.69. The number of fused-ring (bicyclic) bond motifs is 1. The Morgan fingerprint density at radius 2 is 2.28 bits per heavy atom. The molecule has 18 heavy (non-hydrogen) atoms. The van der Waals surface area contributed by atoms with E-state index in [9.17, 15) is 9.18 Å². The third kappa shape index (κ3) is 2.12. The van der Waals surface area contributed by atoms with Gasteiger partial charge in [-0.15, -0.1) is 0 Å². The molecule has 1 amide bonds. The molecule has 0 radical (unpaired) electrons. The highest BCUT2D eigenvalue weighted by Crippen LogP contribution is 2.42. The van der Waals surface area contributed by atoms with Gasteiger partial charge in [-0.05, 0) is 43.8 Å². The Hall–Kier alpha value is -1.42. The van der Waals surface area contributed by atoms with Gasteiger partial charge in [0, 0.05) is 24.6 Å². The predicted molar refractivity (Wildman–Crippen MR) is 70.3 cm³/mol. The second-order valence-electron chi connectivity index (χ2n) is 5.18. The van der Waals surface area contributed by atoms with Gasteiger partial charge in [0.2, 0.25) is 5.91 Å². The van der Waals surface area contributed by atoms with E-state index in [-0.39, 0.29) is 17.1 Å². The van der Waals surface area contributed by atoms with Crippen molar-refractivity contribution in [3.05, 3.63) is 29.6 Å². The average Bonchev–Trinajstić information content (AvgIpc) is 2.61. The number of hydrogen-bond donors (Lipinski definition) is 1. The van der Waals surface area contributed by atoms with E-state index in [2.05, 4.69) is 12.2 Å². The van der Waals surface area contributed by atoms with Crippen molar-refractivity contribution in [3.8, 4) is 0 Å². The summed E-state index contributed by atoms with van der Waals surface area (Å²) in [4.78, 5) is 13.4. The minimum atomic E-state index is -0.241. The van der Waals surface area contributed by atoms with Gasteiger partial charge in [-0.2, -0.15) is 0 Å². The molecule has 0 aromatic heterocycles. The van der Waals surface area contributed by atoms with E-state index in [0.29, 0.717) is 6.54 Å². The highest BCUT2D eigenvalue weighted by atomic mass is 19.1. The molecule has 4 heteroatoms. The number of anilines is 1. The van der Waals surface area contributed by atoms with Crippen LogP contribution < -0.4 is 10.2 Å². The molecule has 1 unspecified atom stereocenters. The summed E-state index contributed by atoms with van der Waals surface area (Å²) >= 11 is 0. The van der Waals surface area contributed by atoms with Crippen molar-refractivity contribution in [2.24, 2.45) is 0 Å². The number of hydrogen-bond acceptors (Lipinski definition) is 2. The van der Waals surface area contributed by atoms with E-state index in [1.54, 1.807) is 24.0 Å². The maximum atomic E-state index is 13.4. The Kier molecular flexibility index (Phi) is 3.39. The number of benzene rings is 1. The summed E-state index contributed by atoms with van der Waals surface area (Å²) in [6, 6.07) is 4.68. The third-order valence-electron chi connectivity index (χ3n) is 3.71. The molecule has 3 nitrogen and oxygen atoms in total. The minimum Gasteiger partial charge on any atom is -0.320 e. The normalized spacial score (nSPS) is 22.1. The van der Waals surface area contributed by atoms with Gasteiger partial charge in [0.05, 0.1) is 0 Å². The predicted octanol–water partition coefficient (Wildman–Crippen LogP) is 2.06. The lowest BCUT2D eigenvalue weighted by atomic mass is 9.81. The van der Waals surface area contributed by atoms with Crippen LogP contribution in [0.5, 0.6) is 0 Å². The Bertz CT molecular complexity index is 475. The Morgan fingerprint density at radius 1 is 1.56 bits per heavy atom. The van der Waals surface area contributed by atoms with Crippen LogP contribution in [0, 0.1) is 5.82 Å². The highest BCUT2D eigenvalue weighted by molar-refractivity contribution is 5.94. The monoisotopic (exact) mass is 250 g/mol. The van der Waals surface area contributed by atoms with E-state index >= 15 is 0 Å². The molecule has 1 heterocycles. The third-order valence-corrected chi connectivity index (χ3v) is 3.71. The van der Waals surface area contributed by atoms with Crippen LogP contribution in [-0.2, 0) is 10.2 Å². The van der Waals surface area contributed by atoms with Crippen molar-refractivity contribution in [2.75, 3.05) is 25.0 Å². The molecule has 2 rings (SSSR count). The summed E-state index contributed by atoms with van der Waals surface area (Å²) in [5.41, 5.74) is 1.61. The van der Waals surface area contributed by atoms with Crippen LogP contribution in [0.2, 0.25) is 0 Å². The van der Waals surface area contributed by atoms with Crippen molar-refractivity contribution in [1.82, 2.24) is 5.32 Å². The van der Waals surface area contributed by atoms with E-state index in [1.165, 1.54) is 6.07 Å². The molecule has 0 fully saturated rings. The molecule has 1 aliphatic heterocycles. The fourth-order valence-corrected chi connectivity index (χ4v) is 2.64. The van der Waals surface area contributed by atoms with Crippen molar-refractivity contribution in [3.63, 3.8) is 0 Å². The first-order valence-electron chi connectivity index (χ1n) is 6.21. The standard InChI is InChI=1S/C14H19FN2O/c1-10(18)17-9-14(2,6-7-16-3)12-8-11(15)4-5-13(12)17/h4-5,8,16H,6-7,9H2,1-3H3. The maximum Gasteiger partial charge on any atom is 0.223 e. The average molecular weight is 250 g/mol. The number of amides is 1. The van der Waals surface area contributed by atoms with Crippen LogP contribution >= 0.6 is 0 Å². The van der Waals surface area contributed by atoms with Crippen molar-refractivity contribution < 1.29 is 9.18 Å². The molecule has 0 saturated carbocycles. The van der Waals surface area contributed by atoms with Crippen molar-refractivity contribution >= 4 is 11.6 Å². The second-order valence-corrected chi connectivity index (χ2v) is 5.18. The molecule has 1 atom stereocenters. The molecule has 1 aromatic carbocycles. The summed E-state index contributed by atoms with van der Waals surface area (Å²) in [7, 11) is 1.90. The van der Waals surface area contributed by atoms with Gasteiger partial charge in [0.1, 0.15) is 5.82 Å². The number of carbonyl (C=O) groups is 1. The van der Waals surface area contributed by atoms with Crippen LogP contribution in [-0.4, -0.2) is 26.0 Å². The summed E-state index contributed by atoms with van der Waals surface area (Å²) < 4.78 is 13.4. The number of carbonyl (C=O) groups excluding carboxylic acids is 1. The zero-order chi connectivity index (χ0) is 13.3. The Balaban J connectivity index is 2.43. The molecule has 0 aliphatic carbocycles. The lowest BCUT2D eigenvalue weighted by molar-refractivity contribution is -0.116. The molecular weight excluding hydrogens is 231 g/mol. The van der Waals surface area contributed by atoms with Crippen LogP contribution in [0.4, 0.5) is 10.1 Å². The lowest BCUT2D eigenvalue weighted by Crippen LogP contribution is -2.35. The number of halogens is 1. The molecule has 0 spiro atoms. The quantitative estimate of drug-likeness (QED) is 0.890. The summed E-state index contributed by atoms with van der Waals surface area (Å²) in [5, 5.41) is 3.11. The lowest BCUT2D eigenvalue weighted by Gasteiger charge is -2.25. The van der Waals surface area contributed by atoms with E-state index < -0.39 is 0 Å². The van der Waals surface area contributed by atoms with Gasteiger partial charge in [-0.25, -0.2) is 4.39 Å². The number of rotatable bonds is 3. The van der Waals surface area contributed by atoms with Gasteiger partial charge < -0.3 is 10.2 Å². The number of nitrogens with one attached hydrogen (secondary N) is 1. The summed E-state index contributed by atoms with van der Waals surface area (Å²) in [6.45, 7) is 5.11. The molecule has 1 aromatic rings. The minimum absolute atomic E-state index is 0.0102. The molecular formula is C14H19FN2O. The van der Waals surface area contributed by atoms with Crippen LogP contribution in [0.25, 0.3) is 0 Å². The zero-order valence-corrected chi connectivity index (χ0v) is 11.1. The van der Waals surface area contributed by atoms with E-state index in [4.69, 9.17) is 0 Å². The number of nitrogens with zero attached hydrogens (tertiary/aromatic N) is 1. The van der Waals surface area contributed by atoms with Crippen LogP contribution in [0.3, 0.4) is 0 Å². The SMILES string of the molecule is CNCCC1(C)CN(C(C)=O)c2ccc(F)cc21. The van der Waals surface area contributed by atoms with Crippen molar-refractivity contribution in [1.29, 1.82) is 0 Å². The van der Waals surface area contributed by atoms with Crippen LogP contribution in [0.1, 0.15) is 25.8 Å². The smallest absolute Gasteiger partial charge is 0.223 e. The van der Waals surface area contributed by atoms with Gasteiger partial charge in [0.15, 0.2) is 0 Å². The highest BCUT2D eigenvalue weighted by Gasteiger charge is 2.40. The van der Waals surface area contributed by atoms with Gasteiger partial charge in [0.25, 0.3) is 0 Å².